The fraction of sp³-hybridized carbons (Fsp3) is 0.500. The predicted molar refractivity (Wildman–Crippen MR) is 82.1 cm³/mol. The van der Waals surface area contributed by atoms with Crippen molar-refractivity contribution in [2.24, 2.45) is 0 Å². The number of halogens is 1. The molecule has 114 valence electrons. The molecule has 0 saturated heterocycles. The van der Waals surface area contributed by atoms with Crippen LogP contribution < -0.4 is 5.32 Å². The Hall–Kier alpha value is -1.75. The van der Waals surface area contributed by atoms with E-state index in [9.17, 15) is 4.39 Å². The van der Waals surface area contributed by atoms with Crippen molar-refractivity contribution in [1.82, 2.24) is 20.1 Å². The minimum absolute atomic E-state index is 0.256. The number of nitrogens with zero attached hydrogens (tertiary/aromatic N) is 3. The minimum atomic E-state index is -0.256. The third-order valence-corrected chi connectivity index (χ3v) is 3.35. The maximum absolute atomic E-state index is 14.4. The first-order chi connectivity index (χ1) is 10.2. The van der Waals surface area contributed by atoms with E-state index in [0.29, 0.717) is 12.2 Å². The first kappa shape index (κ1) is 15.6. The van der Waals surface area contributed by atoms with Gasteiger partial charge in [0.15, 0.2) is 5.82 Å². The second-order valence-corrected chi connectivity index (χ2v) is 5.03. The van der Waals surface area contributed by atoms with Crippen molar-refractivity contribution in [3.63, 3.8) is 0 Å². The van der Waals surface area contributed by atoms with E-state index in [1.807, 2.05) is 19.9 Å². The van der Waals surface area contributed by atoms with Crippen molar-refractivity contribution in [1.29, 1.82) is 0 Å². The minimum Gasteiger partial charge on any atom is -0.313 e. The van der Waals surface area contributed by atoms with Gasteiger partial charge in [0.2, 0.25) is 0 Å². The summed E-state index contributed by atoms with van der Waals surface area (Å²) in [6, 6.07) is 5.30. The highest BCUT2D eigenvalue weighted by Gasteiger charge is 2.13. The van der Waals surface area contributed by atoms with Crippen LogP contribution in [0, 0.1) is 5.82 Å². The van der Waals surface area contributed by atoms with Gasteiger partial charge in [-0.2, -0.15) is 5.10 Å². The zero-order valence-corrected chi connectivity index (χ0v) is 13.0. The van der Waals surface area contributed by atoms with Gasteiger partial charge in [0.25, 0.3) is 0 Å². The van der Waals surface area contributed by atoms with Gasteiger partial charge >= 0.3 is 0 Å². The molecule has 1 heterocycles. The number of aromatic nitrogens is 3. The zero-order chi connectivity index (χ0) is 15.2. The molecule has 0 atom stereocenters. The Labute approximate surface area is 125 Å². The molecule has 0 amide bonds. The van der Waals surface area contributed by atoms with Gasteiger partial charge in [0, 0.05) is 19.4 Å². The van der Waals surface area contributed by atoms with Gasteiger partial charge in [-0.25, -0.2) is 14.1 Å². The third kappa shape index (κ3) is 3.67. The zero-order valence-electron chi connectivity index (χ0n) is 13.0. The van der Waals surface area contributed by atoms with E-state index >= 15 is 0 Å². The molecule has 5 heteroatoms. The van der Waals surface area contributed by atoms with Crippen molar-refractivity contribution in [3.05, 3.63) is 41.2 Å². The maximum Gasteiger partial charge on any atom is 0.151 e. The predicted octanol–water partition coefficient (Wildman–Crippen LogP) is 3.03. The van der Waals surface area contributed by atoms with Gasteiger partial charge in [-0.1, -0.05) is 26.8 Å². The molecule has 1 aromatic heterocycles. The van der Waals surface area contributed by atoms with Crippen LogP contribution in [-0.4, -0.2) is 21.3 Å². The van der Waals surface area contributed by atoms with Crippen molar-refractivity contribution in [2.45, 2.75) is 46.6 Å². The van der Waals surface area contributed by atoms with Crippen LogP contribution in [0.3, 0.4) is 0 Å². The molecule has 1 N–H and O–H groups in total. The Balaban J connectivity index is 2.26. The number of benzene rings is 1. The van der Waals surface area contributed by atoms with Crippen LogP contribution in [0.25, 0.3) is 5.69 Å². The van der Waals surface area contributed by atoms with Gasteiger partial charge < -0.3 is 5.32 Å². The van der Waals surface area contributed by atoms with Crippen LogP contribution in [0.4, 0.5) is 4.39 Å². The van der Waals surface area contributed by atoms with Crippen LogP contribution in [0.5, 0.6) is 0 Å². The SMILES string of the molecule is CCCNCc1ccc(-n2nc(CC)nc2CC)c(F)c1. The number of nitrogens with one attached hydrogen (secondary N) is 1. The Morgan fingerprint density at radius 2 is 2.00 bits per heavy atom. The van der Waals surface area contributed by atoms with E-state index in [2.05, 4.69) is 22.3 Å². The number of rotatable bonds is 7. The lowest BCUT2D eigenvalue weighted by Crippen LogP contribution is -2.14. The second kappa shape index (κ2) is 7.31. The lowest BCUT2D eigenvalue weighted by molar-refractivity contribution is 0.599. The molecule has 2 aromatic rings. The maximum atomic E-state index is 14.4. The highest BCUT2D eigenvalue weighted by molar-refractivity contribution is 5.36. The molecular formula is C16H23FN4. The first-order valence-corrected chi connectivity index (χ1v) is 7.63. The van der Waals surface area contributed by atoms with E-state index in [0.717, 1.165) is 43.0 Å². The topological polar surface area (TPSA) is 42.7 Å². The third-order valence-electron chi connectivity index (χ3n) is 3.35. The van der Waals surface area contributed by atoms with Crippen LogP contribution in [0.15, 0.2) is 18.2 Å². The smallest absolute Gasteiger partial charge is 0.151 e. The van der Waals surface area contributed by atoms with Crippen LogP contribution in [0.2, 0.25) is 0 Å². The fourth-order valence-electron chi connectivity index (χ4n) is 2.20. The number of aryl methyl sites for hydroxylation is 2. The molecule has 4 nitrogen and oxygen atoms in total. The standard InChI is InChI=1S/C16H23FN4/c1-4-9-18-11-12-7-8-14(13(17)10-12)21-16(6-3)19-15(5-2)20-21/h7-8,10,18H,4-6,9,11H2,1-3H3. The number of hydrogen-bond acceptors (Lipinski definition) is 3. The Morgan fingerprint density at radius 1 is 1.19 bits per heavy atom. The molecule has 0 unspecified atom stereocenters. The summed E-state index contributed by atoms with van der Waals surface area (Å²) in [6.07, 6.45) is 2.55. The van der Waals surface area contributed by atoms with E-state index in [1.165, 1.54) is 0 Å². The second-order valence-electron chi connectivity index (χ2n) is 5.03. The Kier molecular flexibility index (Phi) is 5.44. The molecule has 0 radical (unpaired) electrons. The normalized spacial score (nSPS) is 11.0. The van der Waals surface area contributed by atoms with E-state index in [1.54, 1.807) is 16.8 Å². The number of hydrogen-bond donors (Lipinski definition) is 1. The van der Waals surface area contributed by atoms with E-state index < -0.39 is 0 Å². The molecule has 21 heavy (non-hydrogen) atoms. The molecule has 0 spiro atoms. The van der Waals surface area contributed by atoms with Crippen LogP contribution in [-0.2, 0) is 19.4 Å². The fourth-order valence-corrected chi connectivity index (χ4v) is 2.20. The Morgan fingerprint density at radius 3 is 2.62 bits per heavy atom. The summed E-state index contributed by atoms with van der Waals surface area (Å²) in [7, 11) is 0. The van der Waals surface area contributed by atoms with Crippen LogP contribution >= 0.6 is 0 Å². The summed E-state index contributed by atoms with van der Waals surface area (Å²) >= 11 is 0. The Bertz CT molecular complexity index is 592. The van der Waals surface area contributed by atoms with Crippen molar-refractivity contribution < 1.29 is 4.39 Å². The highest BCUT2D eigenvalue weighted by atomic mass is 19.1. The highest BCUT2D eigenvalue weighted by Crippen LogP contribution is 2.17. The summed E-state index contributed by atoms with van der Waals surface area (Å²) in [5.74, 6) is 1.29. The first-order valence-electron chi connectivity index (χ1n) is 7.63. The molecule has 0 fully saturated rings. The largest absolute Gasteiger partial charge is 0.313 e. The van der Waals surface area contributed by atoms with Gasteiger partial charge in [-0.15, -0.1) is 0 Å². The molecule has 0 aliphatic rings. The molecule has 0 aliphatic heterocycles. The quantitative estimate of drug-likeness (QED) is 0.797. The summed E-state index contributed by atoms with van der Waals surface area (Å²) in [4.78, 5) is 4.42. The van der Waals surface area contributed by atoms with E-state index in [-0.39, 0.29) is 5.82 Å². The van der Waals surface area contributed by atoms with Gasteiger partial charge in [-0.05, 0) is 30.7 Å². The molecule has 0 bridgehead atoms. The lowest BCUT2D eigenvalue weighted by Gasteiger charge is -2.08. The van der Waals surface area contributed by atoms with Crippen LogP contribution in [0.1, 0.15) is 44.4 Å². The monoisotopic (exact) mass is 290 g/mol. The van der Waals surface area contributed by atoms with Gasteiger partial charge in [-0.3, -0.25) is 0 Å². The summed E-state index contributed by atoms with van der Waals surface area (Å²) in [5.41, 5.74) is 1.41. The molecular weight excluding hydrogens is 267 g/mol. The lowest BCUT2D eigenvalue weighted by atomic mass is 10.2. The van der Waals surface area contributed by atoms with Crippen molar-refractivity contribution in [3.8, 4) is 5.69 Å². The molecule has 2 rings (SSSR count). The van der Waals surface area contributed by atoms with Gasteiger partial charge in [0.05, 0.1) is 0 Å². The molecule has 0 saturated carbocycles. The average molecular weight is 290 g/mol. The molecule has 0 aliphatic carbocycles. The molecule has 1 aromatic carbocycles. The van der Waals surface area contributed by atoms with E-state index in [4.69, 9.17) is 0 Å². The van der Waals surface area contributed by atoms with Gasteiger partial charge in [0.1, 0.15) is 17.3 Å². The average Bonchev–Trinajstić information content (AvgIpc) is 2.91. The summed E-state index contributed by atoms with van der Waals surface area (Å²) in [5, 5.41) is 7.66. The van der Waals surface area contributed by atoms with Crippen molar-refractivity contribution >= 4 is 0 Å². The van der Waals surface area contributed by atoms with Crippen molar-refractivity contribution in [2.75, 3.05) is 6.54 Å². The summed E-state index contributed by atoms with van der Waals surface area (Å²) in [6.45, 7) is 7.73. The summed E-state index contributed by atoms with van der Waals surface area (Å²) < 4.78 is 16.0.